The number of H-pyrrole nitrogens is 1. The van der Waals surface area contributed by atoms with E-state index in [4.69, 9.17) is 9.26 Å². The van der Waals surface area contributed by atoms with Gasteiger partial charge in [-0.1, -0.05) is 23.4 Å². The Hall–Kier alpha value is -3.43. The number of benzene rings is 2. The molecule has 1 atom stereocenters. The van der Waals surface area contributed by atoms with E-state index in [0.29, 0.717) is 37.1 Å². The molecule has 1 saturated heterocycles. The first-order valence-electron chi connectivity index (χ1n) is 9.73. The number of aromatic nitrogens is 4. The Morgan fingerprint density at radius 3 is 2.97 bits per heavy atom. The summed E-state index contributed by atoms with van der Waals surface area (Å²) in [6, 6.07) is 14.7. The molecule has 2 N–H and O–H groups in total. The van der Waals surface area contributed by atoms with Crippen LogP contribution in [0, 0.1) is 0 Å². The highest BCUT2D eigenvalue weighted by Crippen LogP contribution is 2.26. The number of nitrogens with zero attached hydrogens (tertiary/aromatic N) is 4. The smallest absolute Gasteiger partial charge is 0.261 e. The summed E-state index contributed by atoms with van der Waals surface area (Å²) < 4.78 is 11.2. The summed E-state index contributed by atoms with van der Waals surface area (Å²) in [5.41, 5.74) is 1.77. The molecule has 0 aliphatic carbocycles. The van der Waals surface area contributed by atoms with Crippen molar-refractivity contribution in [3.8, 4) is 17.1 Å². The highest BCUT2D eigenvalue weighted by molar-refractivity contribution is 5.85. The topological polar surface area (TPSA) is 109 Å². The second-order valence-electron chi connectivity index (χ2n) is 7.04. The van der Waals surface area contributed by atoms with Crippen molar-refractivity contribution in [2.75, 3.05) is 26.2 Å². The van der Waals surface area contributed by atoms with Crippen LogP contribution < -0.4 is 10.1 Å². The van der Waals surface area contributed by atoms with Crippen molar-refractivity contribution >= 4 is 29.2 Å². The largest absolute Gasteiger partial charge is 0.484 e. The molecule has 0 saturated carbocycles. The molecule has 4 aromatic rings. The third-order valence-corrected chi connectivity index (χ3v) is 5.09. The first-order valence-corrected chi connectivity index (χ1v) is 9.73. The Morgan fingerprint density at radius 1 is 1.23 bits per heavy atom. The van der Waals surface area contributed by atoms with Crippen LogP contribution in [-0.4, -0.2) is 57.4 Å². The van der Waals surface area contributed by atoms with E-state index >= 15 is 0 Å². The highest BCUT2D eigenvalue weighted by Gasteiger charge is 2.32. The van der Waals surface area contributed by atoms with Crippen molar-refractivity contribution in [3.63, 3.8) is 0 Å². The van der Waals surface area contributed by atoms with Gasteiger partial charge in [-0.15, -0.1) is 12.4 Å². The zero-order valence-corrected chi connectivity index (χ0v) is 17.3. The van der Waals surface area contributed by atoms with Crippen molar-refractivity contribution in [2.45, 2.75) is 6.04 Å². The number of halogens is 1. The number of amides is 1. The molecule has 1 fully saturated rings. The van der Waals surface area contributed by atoms with Gasteiger partial charge in [0.05, 0.1) is 11.7 Å². The molecule has 0 spiro atoms. The number of carbonyl (C=O) groups excluding carboxylic acids is 1. The van der Waals surface area contributed by atoms with Crippen molar-refractivity contribution in [2.24, 2.45) is 0 Å². The van der Waals surface area contributed by atoms with Gasteiger partial charge < -0.3 is 19.5 Å². The van der Waals surface area contributed by atoms with Crippen LogP contribution in [0.5, 0.6) is 5.75 Å². The standard InChI is InChI=1S/C21H20N6O3.ClH/c28-19(13-29-16-4-2-1-3-5-16)27-9-8-22-12-18(27)21-24-20(26-30-21)14-6-7-17-15(10-14)11-23-25-17;/h1-7,10-11,18,22H,8-9,12-13H2,(H,23,25);1H. The molecule has 1 aliphatic heterocycles. The maximum absolute atomic E-state index is 12.8. The van der Waals surface area contributed by atoms with Gasteiger partial charge in [-0.25, -0.2) is 0 Å². The van der Waals surface area contributed by atoms with E-state index in [0.717, 1.165) is 16.5 Å². The number of hydrogen-bond acceptors (Lipinski definition) is 7. The maximum atomic E-state index is 12.8. The van der Waals surface area contributed by atoms with Crippen LogP contribution in [0.4, 0.5) is 0 Å². The van der Waals surface area contributed by atoms with E-state index in [1.165, 1.54) is 0 Å². The first-order chi connectivity index (χ1) is 14.8. The van der Waals surface area contributed by atoms with Crippen LogP contribution in [0.1, 0.15) is 11.9 Å². The van der Waals surface area contributed by atoms with Gasteiger partial charge in [-0.05, 0) is 30.3 Å². The van der Waals surface area contributed by atoms with E-state index in [9.17, 15) is 4.79 Å². The summed E-state index contributed by atoms with van der Waals surface area (Å²) in [5, 5.41) is 15.3. The summed E-state index contributed by atoms with van der Waals surface area (Å²) in [4.78, 5) is 19.1. The Balaban J connectivity index is 0.00000231. The summed E-state index contributed by atoms with van der Waals surface area (Å²) in [6.07, 6.45) is 1.75. The molecule has 1 aliphatic rings. The molecule has 0 bridgehead atoms. The molecule has 3 heterocycles. The molecule has 5 rings (SSSR count). The van der Waals surface area contributed by atoms with E-state index in [1.807, 2.05) is 48.5 Å². The van der Waals surface area contributed by atoms with Crippen molar-refractivity contribution in [1.29, 1.82) is 0 Å². The van der Waals surface area contributed by atoms with Gasteiger partial charge in [-0.3, -0.25) is 9.89 Å². The Labute approximate surface area is 184 Å². The Morgan fingerprint density at radius 2 is 2.10 bits per heavy atom. The average molecular weight is 441 g/mol. The molecule has 2 aromatic heterocycles. The van der Waals surface area contributed by atoms with Crippen LogP contribution in [-0.2, 0) is 4.79 Å². The summed E-state index contributed by atoms with van der Waals surface area (Å²) >= 11 is 0. The fraction of sp³-hybridized carbons (Fsp3) is 0.238. The Bertz CT molecular complexity index is 1160. The number of para-hydroxylation sites is 1. The zero-order chi connectivity index (χ0) is 20.3. The van der Waals surface area contributed by atoms with E-state index in [2.05, 4.69) is 25.7 Å². The SMILES string of the molecule is Cl.O=C(COc1ccccc1)N1CCNCC1c1nc(-c2ccc3[nH]ncc3c2)no1. The minimum absolute atomic E-state index is 0. The summed E-state index contributed by atoms with van der Waals surface area (Å²) in [5.74, 6) is 1.42. The lowest BCUT2D eigenvalue weighted by Crippen LogP contribution is -2.50. The molecule has 31 heavy (non-hydrogen) atoms. The number of nitrogens with one attached hydrogen (secondary N) is 2. The zero-order valence-electron chi connectivity index (χ0n) is 16.5. The molecular formula is C21H21ClN6O3. The van der Waals surface area contributed by atoms with Gasteiger partial charge in [0.15, 0.2) is 6.61 Å². The predicted molar refractivity (Wildman–Crippen MR) is 116 cm³/mol. The van der Waals surface area contributed by atoms with Crippen molar-refractivity contribution in [1.82, 2.24) is 30.6 Å². The molecule has 0 radical (unpaired) electrons. The lowest BCUT2D eigenvalue weighted by molar-refractivity contribution is -0.137. The second-order valence-corrected chi connectivity index (χ2v) is 7.04. The summed E-state index contributed by atoms with van der Waals surface area (Å²) in [6.45, 7) is 1.74. The van der Waals surface area contributed by atoms with Crippen LogP contribution in [0.2, 0.25) is 0 Å². The van der Waals surface area contributed by atoms with Crippen LogP contribution in [0.25, 0.3) is 22.3 Å². The van der Waals surface area contributed by atoms with E-state index < -0.39 is 0 Å². The molecule has 1 amide bonds. The van der Waals surface area contributed by atoms with Crippen LogP contribution >= 0.6 is 12.4 Å². The number of aromatic amines is 1. The molecule has 1 unspecified atom stereocenters. The van der Waals surface area contributed by atoms with Gasteiger partial charge in [0, 0.05) is 30.6 Å². The van der Waals surface area contributed by atoms with Gasteiger partial charge in [0.25, 0.3) is 11.8 Å². The number of ether oxygens (including phenoxy) is 1. The molecule has 10 heteroatoms. The predicted octanol–water partition coefficient (Wildman–Crippen LogP) is 2.59. The quantitative estimate of drug-likeness (QED) is 0.490. The fourth-order valence-electron chi connectivity index (χ4n) is 3.54. The minimum Gasteiger partial charge on any atom is -0.484 e. The number of rotatable bonds is 5. The van der Waals surface area contributed by atoms with Gasteiger partial charge >= 0.3 is 0 Å². The first kappa shape index (κ1) is 20.8. The highest BCUT2D eigenvalue weighted by atomic mass is 35.5. The van der Waals surface area contributed by atoms with Gasteiger partial charge in [0.2, 0.25) is 5.82 Å². The number of piperazine rings is 1. The van der Waals surface area contributed by atoms with Crippen molar-refractivity contribution < 1.29 is 14.1 Å². The lowest BCUT2D eigenvalue weighted by Gasteiger charge is -2.33. The van der Waals surface area contributed by atoms with Gasteiger partial charge in [0.1, 0.15) is 11.8 Å². The van der Waals surface area contributed by atoms with Crippen molar-refractivity contribution in [3.05, 3.63) is 60.6 Å². The molecule has 2 aromatic carbocycles. The second kappa shape index (κ2) is 9.15. The van der Waals surface area contributed by atoms with E-state index in [-0.39, 0.29) is 31.0 Å². The van der Waals surface area contributed by atoms with Crippen LogP contribution in [0.15, 0.2) is 59.3 Å². The Kier molecular flexibility index (Phi) is 6.15. The molecule has 160 valence electrons. The van der Waals surface area contributed by atoms with Gasteiger partial charge in [-0.2, -0.15) is 10.1 Å². The summed E-state index contributed by atoms with van der Waals surface area (Å²) in [7, 11) is 0. The fourth-order valence-corrected chi connectivity index (χ4v) is 3.54. The third kappa shape index (κ3) is 4.37. The number of carbonyl (C=O) groups is 1. The van der Waals surface area contributed by atoms with E-state index in [1.54, 1.807) is 11.1 Å². The maximum Gasteiger partial charge on any atom is 0.261 e. The molecular weight excluding hydrogens is 420 g/mol. The third-order valence-electron chi connectivity index (χ3n) is 5.09. The molecule has 9 nitrogen and oxygen atoms in total. The van der Waals surface area contributed by atoms with Crippen LogP contribution in [0.3, 0.4) is 0 Å². The normalized spacial score (nSPS) is 16.1. The minimum atomic E-state index is -0.343. The monoisotopic (exact) mass is 440 g/mol. The number of hydrogen-bond donors (Lipinski definition) is 2. The number of fused-ring (bicyclic) bond motifs is 1. The average Bonchev–Trinajstić information content (AvgIpc) is 3.47. The lowest BCUT2D eigenvalue weighted by atomic mass is 10.1.